The van der Waals surface area contributed by atoms with Gasteiger partial charge < -0.3 is 13.9 Å². The Morgan fingerprint density at radius 1 is 0.967 bits per heavy atom. The van der Waals surface area contributed by atoms with Crippen molar-refractivity contribution in [2.24, 2.45) is 0 Å². The molecule has 0 fully saturated rings. The average molecular weight is 423 g/mol. The van der Waals surface area contributed by atoms with E-state index in [1.165, 1.54) is 0 Å². The minimum absolute atomic E-state index is 0.0260. The molecule has 0 aliphatic rings. The normalized spacial score (nSPS) is 11.4. The molecule has 8 heteroatoms. The van der Waals surface area contributed by atoms with Crippen LogP contribution in [0.2, 0.25) is 0 Å². The smallest absolute Gasteiger partial charge is 0.236 e. The van der Waals surface area contributed by atoms with Crippen molar-refractivity contribution in [2.75, 3.05) is 24.2 Å². The average Bonchev–Trinajstić information content (AvgIpc) is 3.18. The fraction of sp³-hybridized carbons (Fsp3) is 0.136. The predicted octanol–water partition coefficient (Wildman–Crippen LogP) is 3.83. The molecule has 30 heavy (non-hydrogen) atoms. The summed E-state index contributed by atoms with van der Waals surface area (Å²) in [6, 6.07) is 19.9. The van der Waals surface area contributed by atoms with Crippen LogP contribution in [0.1, 0.15) is 0 Å². The van der Waals surface area contributed by atoms with Gasteiger partial charge >= 0.3 is 0 Å². The van der Waals surface area contributed by atoms with Gasteiger partial charge in [0.2, 0.25) is 10.0 Å². The third kappa shape index (κ3) is 4.55. The van der Waals surface area contributed by atoms with Crippen LogP contribution >= 0.6 is 0 Å². The van der Waals surface area contributed by atoms with E-state index in [1.54, 1.807) is 43.5 Å². The zero-order valence-corrected chi connectivity index (χ0v) is 17.2. The lowest BCUT2D eigenvalue weighted by atomic mass is 10.1. The molecule has 0 spiro atoms. The Labute approximate surface area is 175 Å². The van der Waals surface area contributed by atoms with Crippen LogP contribution in [-0.2, 0) is 10.0 Å². The molecule has 0 saturated heterocycles. The Morgan fingerprint density at radius 2 is 1.70 bits per heavy atom. The molecule has 0 atom stereocenters. The number of ether oxygens (including phenoxy) is 2. The molecule has 0 saturated carbocycles. The Kier molecular flexibility index (Phi) is 5.58. The van der Waals surface area contributed by atoms with E-state index < -0.39 is 10.0 Å². The maximum Gasteiger partial charge on any atom is 0.236 e. The fourth-order valence-electron chi connectivity index (χ4n) is 3.02. The summed E-state index contributed by atoms with van der Waals surface area (Å²) in [5, 5.41) is 0. The van der Waals surface area contributed by atoms with E-state index in [9.17, 15) is 8.42 Å². The summed E-state index contributed by atoms with van der Waals surface area (Å²) in [5.74, 6) is 1.11. The molecule has 0 aliphatic heterocycles. The lowest BCUT2D eigenvalue weighted by molar-refractivity contribution is 0.340. The van der Waals surface area contributed by atoms with E-state index in [1.807, 2.05) is 47.1 Å². The fourth-order valence-corrected chi connectivity index (χ4v) is 3.94. The highest BCUT2D eigenvalue weighted by atomic mass is 32.2. The number of fused-ring (bicyclic) bond motifs is 1. The Morgan fingerprint density at radius 3 is 2.47 bits per heavy atom. The second-order valence-corrected chi connectivity index (χ2v) is 8.42. The maximum absolute atomic E-state index is 12.6. The number of aromatic nitrogens is 2. The van der Waals surface area contributed by atoms with Crippen molar-refractivity contribution in [3.05, 3.63) is 79.1 Å². The number of para-hydroxylation sites is 1. The Bertz CT molecular complexity index is 1220. The summed E-state index contributed by atoms with van der Waals surface area (Å²) < 4.78 is 40.4. The van der Waals surface area contributed by atoms with Gasteiger partial charge in [0.25, 0.3) is 0 Å². The number of nitrogens with zero attached hydrogens (tertiary/aromatic N) is 2. The van der Waals surface area contributed by atoms with Crippen LogP contribution in [-0.4, -0.2) is 37.3 Å². The molecule has 2 aromatic heterocycles. The number of hydrogen-bond donors (Lipinski definition) is 1. The summed E-state index contributed by atoms with van der Waals surface area (Å²) >= 11 is 0. The predicted molar refractivity (Wildman–Crippen MR) is 117 cm³/mol. The molecule has 1 N–H and O–H groups in total. The maximum atomic E-state index is 12.6. The molecule has 2 aromatic carbocycles. The van der Waals surface area contributed by atoms with Gasteiger partial charge in [0.05, 0.1) is 18.5 Å². The number of nitrogens with one attached hydrogen (secondary N) is 1. The second-order valence-electron chi connectivity index (χ2n) is 6.58. The monoisotopic (exact) mass is 423 g/mol. The Hall–Kier alpha value is -3.52. The minimum Gasteiger partial charge on any atom is -0.497 e. The molecule has 0 unspecified atom stereocenters. The highest BCUT2D eigenvalue weighted by Gasteiger charge is 2.15. The van der Waals surface area contributed by atoms with Crippen LogP contribution in [0.3, 0.4) is 0 Å². The number of imidazole rings is 1. The van der Waals surface area contributed by atoms with Crippen molar-refractivity contribution in [3.63, 3.8) is 0 Å². The first kappa shape index (κ1) is 19.8. The first-order valence-electron chi connectivity index (χ1n) is 9.34. The number of methoxy groups -OCH3 is 1. The van der Waals surface area contributed by atoms with Crippen molar-refractivity contribution in [2.45, 2.75) is 0 Å². The van der Waals surface area contributed by atoms with Crippen LogP contribution < -0.4 is 14.2 Å². The van der Waals surface area contributed by atoms with Gasteiger partial charge in [0.1, 0.15) is 29.5 Å². The molecule has 0 radical (unpaired) electrons. The molecule has 4 rings (SSSR count). The molecule has 7 nitrogen and oxygen atoms in total. The minimum atomic E-state index is -3.61. The van der Waals surface area contributed by atoms with Gasteiger partial charge in [0, 0.05) is 18.0 Å². The van der Waals surface area contributed by atoms with Crippen molar-refractivity contribution in [1.82, 2.24) is 9.38 Å². The molecular weight excluding hydrogens is 402 g/mol. The number of rotatable bonds is 8. The number of pyridine rings is 1. The second kappa shape index (κ2) is 8.46. The van der Waals surface area contributed by atoms with Gasteiger partial charge in [0.15, 0.2) is 0 Å². The van der Waals surface area contributed by atoms with Crippen LogP contribution in [0.5, 0.6) is 11.5 Å². The summed E-state index contributed by atoms with van der Waals surface area (Å²) in [5.41, 5.74) is 2.67. The summed E-state index contributed by atoms with van der Waals surface area (Å²) in [4.78, 5) is 4.58. The van der Waals surface area contributed by atoms with E-state index in [0.717, 1.165) is 5.65 Å². The van der Waals surface area contributed by atoms with E-state index in [-0.39, 0.29) is 12.4 Å². The van der Waals surface area contributed by atoms with E-state index in [2.05, 4.69) is 9.71 Å². The largest absolute Gasteiger partial charge is 0.497 e. The van der Waals surface area contributed by atoms with Crippen LogP contribution in [0.25, 0.3) is 16.9 Å². The van der Waals surface area contributed by atoms with Gasteiger partial charge in [-0.15, -0.1) is 0 Å². The van der Waals surface area contributed by atoms with Crippen molar-refractivity contribution < 1.29 is 17.9 Å². The van der Waals surface area contributed by atoms with Crippen LogP contribution in [0, 0.1) is 0 Å². The molecule has 0 aliphatic carbocycles. The summed E-state index contributed by atoms with van der Waals surface area (Å²) in [7, 11) is -2.03. The van der Waals surface area contributed by atoms with E-state index >= 15 is 0 Å². The number of hydrogen-bond acceptors (Lipinski definition) is 5. The number of benzene rings is 2. The highest BCUT2D eigenvalue weighted by molar-refractivity contribution is 7.92. The lowest BCUT2D eigenvalue weighted by Crippen LogP contribution is -2.21. The molecule has 4 aromatic rings. The van der Waals surface area contributed by atoms with E-state index in [4.69, 9.17) is 9.47 Å². The molecule has 2 heterocycles. The molecule has 0 bridgehead atoms. The third-order valence-electron chi connectivity index (χ3n) is 4.51. The van der Waals surface area contributed by atoms with Gasteiger partial charge in [-0.2, -0.15) is 0 Å². The topological polar surface area (TPSA) is 81.9 Å². The highest BCUT2D eigenvalue weighted by Crippen LogP contribution is 2.28. The number of anilines is 1. The Balaban J connectivity index is 1.46. The molecular formula is C22H21N3O4S. The molecule has 154 valence electrons. The third-order valence-corrected chi connectivity index (χ3v) is 5.75. The standard InChI is InChI=1S/C22H21N3O4S/c1-28-17-9-11-18(12-10-17)29-14-15-30(26,27)24-20-7-3-2-6-19(20)21-16-25-13-5-4-8-22(25)23-21/h2-13,16,24H,14-15H2,1H3. The molecule has 0 amide bonds. The first-order chi connectivity index (χ1) is 14.5. The van der Waals surface area contributed by atoms with E-state index in [0.29, 0.717) is 28.4 Å². The van der Waals surface area contributed by atoms with Crippen molar-refractivity contribution >= 4 is 21.4 Å². The zero-order valence-electron chi connectivity index (χ0n) is 16.4. The van der Waals surface area contributed by atoms with Crippen molar-refractivity contribution in [1.29, 1.82) is 0 Å². The van der Waals surface area contributed by atoms with Gasteiger partial charge in [-0.25, -0.2) is 13.4 Å². The van der Waals surface area contributed by atoms with Gasteiger partial charge in [-0.3, -0.25) is 4.72 Å². The quantitative estimate of drug-likeness (QED) is 0.466. The van der Waals surface area contributed by atoms with Gasteiger partial charge in [-0.1, -0.05) is 24.3 Å². The summed E-state index contributed by atoms with van der Waals surface area (Å²) in [6.45, 7) is 0.0260. The zero-order chi connectivity index (χ0) is 21.0. The SMILES string of the molecule is COc1ccc(OCCS(=O)(=O)Nc2ccccc2-c2cn3ccccc3n2)cc1. The first-order valence-corrected chi connectivity index (χ1v) is 11.0. The van der Waals surface area contributed by atoms with Crippen molar-refractivity contribution in [3.8, 4) is 22.8 Å². The van der Waals surface area contributed by atoms with Gasteiger partial charge in [-0.05, 0) is 42.5 Å². The number of sulfonamides is 1. The summed E-state index contributed by atoms with van der Waals surface area (Å²) in [6.07, 6.45) is 3.77. The lowest BCUT2D eigenvalue weighted by Gasteiger charge is -2.12. The van der Waals surface area contributed by atoms with Crippen LogP contribution in [0.15, 0.2) is 79.1 Å². The van der Waals surface area contributed by atoms with Crippen LogP contribution in [0.4, 0.5) is 5.69 Å².